The maximum Gasteiger partial charge on any atom is 0.410 e. The van der Waals surface area contributed by atoms with Crippen LogP contribution in [0.25, 0.3) is 10.2 Å². The van der Waals surface area contributed by atoms with E-state index in [-0.39, 0.29) is 35.3 Å². The molecule has 3 heterocycles. The van der Waals surface area contributed by atoms with Crippen molar-refractivity contribution in [3.05, 3.63) is 142 Å². The number of hydrogen-bond donors (Lipinski definition) is 0. The van der Waals surface area contributed by atoms with Gasteiger partial charge in [-0.1, -0.05) is 136 Å². The highest BCUT2D eigenvalue weighted by atomic mass is 32.1. The first-order valence-electron chi connectivity index (χ1n) is 30.1. The summed E-state index contributed by atoms with van der Waals surface area (Å²) < 4.78 is 49.7. The standard InChI is InChI=1S/C67H90FN9O7S2Si2/c1-49-45-59(71-72-61(49)70-64-77(48-81-43-44-87(13,14)15)55-33-22-23-34-57(55)85-64)76(63-69-60(62(78)80-12)58(86-63)35-26-42-82-56-37-36-50(46-54(56)68)27-24-38-73(8)9)39-25-28-51(47-74(10)40-41-75(11)65(79)83-66(2,3)4)84-88(67(5,6)7,52-29-18-16-19-30-52)53-31-20-17-21-32-53/h16-23,29-34,36-37,45-46,51H,25-26,28,35,38-44,47-48H2,1-15H3. The number of likely N-dealkylation sites (N-methyl/N-ethyl adjacent to an activating group) is 2. The number of ether oxygens (including phenoxy) is 4. The van der Waals surface area contributed by atoms with E-state index in [2.05, 4.69) is 129 Å². The number of amides is 1. The molecule has 0 saturated heterocycles. The van der Waals surface area contributed by atoms with Crippen molar-refractivity contribution in [1.82, 2.24) is 34.4 Å². The summed E-state index contributed by atoms with van der Waals surface area (Å²) in [5.74, 6) is 6.06. The number of halogens is 1. The number of aromatic nitrogens is 4. The van der Waals surface area contributed by atoms with Crippen LogP contribution in [0.4, 0.5) is 26.0 Å². The number of benzene rings is 4. The minimum Gasteiger partial charge on any atom is -0.491 e. The van der Waals surface area contributed by atoms with Crippen molar-refractivity contribution in [2.24, 2.45) is 4.99 Å². The van der Waals surface area contributed by atoms with Crippen LogP contribution in [0.3, 0.4) is 0 Å². The molecule has 0 fully saturated rings. The van der Waals surface area contributed by atoms with Gasteiger partial charge in [-0.05, 0) is 138 Å². The summed E-state index contributed by atoms with van der Waals surface area (Å²) in [6.45, 7) is 25.2. The van der Waals surface area contributed by atoms with Gasteiger partial charge in [-0.15, -0.1) is 21.5 Å². The molecule has 0 aliphatic carbocycles. The minimum atomic E-state index is -3.09. The summed E-state index contributed by atoms with van der Waals surface area (Å²) in [5.41, 5.74) is 1.93. The Morgan fingerprint density at radius 1 is 0.818 bits per heavy atom. The summed E-state index contributed by atoms with van der Waals surface area (Å²) in [5, 5.41) is 12.3. The summed E-state index contributed by atoms with van der Waals surface area (Å²) >= 11 is 2.94. The molecule has 21 heteroatoms. The zero-order valence-electron chi connectivity index (χ0n) is 54.2. The third-order valence-electron chi connectivity index (χ3n) is 14.6. The lowest BCUT2D eigenvalue weighted by molar-refractivity contribution is 0.0280. The van der Waals surface area contributed by atoms with E-state index in [1.807, 2.05) is 81.9 Å². The van der Waals surface area contributed by atoms with Gasteiger partial charge in [0, 0.05) is 58.3 Å². The molecule has 0 bridgehead atoms. The second kappa shape index (κ2) is 31.2. The quantitative estimate of drug-likeness (QED) is 0.0198. The molecule has 7 aromatic rings. The third-order valence-corrected chi connectivity index (χ3v) is 23.6. The lowest BCUT2D eigenvalue weighted by Crippen LogP contribution is -2.68. The van der Waals surface area contributed by atoms with E-state index in [0.29, 0.717) is 99.0 Å². The van der Waals surface area contributed by atoms with Gasteiger partial charge in [-0.3, -0.25) is 9.47 Å². The van der Waals surface area contributed by atoms with E-state index in [4.69, 9.17) is 43.5 Å². The average Bonchev–Trinajstić information content (AvgIpc) is 1.10. The van der Waals surface area contributed by atoms with Gasteiger partial charge < -0.3 is 38.1 Å². The number of thiazole rings is 2. The number of anilines is 2. The molecule has 7 rings (SSSR count). The number of fused-ring (bicyclic) bond motifs is 1. The topological polar surface area (TPSA) is 149 Å². The van der Waals surface area contributed by atoms with Gasteiger partial charge in [-0.25, -0.2) is 19.0 Å². The summed E-state index contributed by atoms with van der Waals surface area (Å²) in [7, 11) is 4.62. The van der Waals surface area contributed by atoms with Crippen LogP contribution < -0.4 is 24.8 Å². The Morgan fingerprint density at radius 3 is 2.12 bits per heavy atom. The molecule has 16 nitrogen and oxygen atoms in total. The molecule has 0 spiro atoms. The van der Waals surface area contributed by atoms with Crippen molar-refractivity contribution in [3.8, 4) is 17.6 Å². The number of rotatable bonds is 28. The fraction of sp³-hybridized carbons (Fsp3) is 0.463. The lowest BCUT2D eigenvalue weighted by Gasteiger charge is -2.46. The molecule has 1 unspecified atom stereocenters. The number of hydrogen-bond acceptors (Lipinski definition) is 16. The zero-order chi connectivity index (χ0) is 63.8. The van der Waals surface area contributed by atoms with E-state index in [1.54, 1.807) is 35.4 Å². The van der Waals surface area contributed by atoms with Crippen molar-refractivity contribution in [2.75, 3.05) is 86.1 Å². The van der Waals surface area contributed by atoms with Gasteiger partial charge in [0.25, 0.3) is 8.32 Å². The van der Waals surface area contributed by atoms with Crippen LogP contribution in [0.2, 0.25) is 30.7 Å². The number of aryl methyl sites for hydroxylation is 2. The second-order valence-electron chi connectivity index (χ2n) is 25.7. The highest BCUT2D eigenvalue weighted by Gasteiger charge is 2.51. The van der Waals surface area contributed by atoms with Crippen molar-refractivity contribution >= 4 is 88.5 Å². The predicted octanol–water partition coefficient (Wildman–Crippen LogP) is 12.3. The largest absolute Gasteiger partial charge is 0.491 e. The van der Waals surface area contributed by atoms with E-state index < -0.39 is 33.8 Å². The molecule has 1 amide bonds. The van der Waals surface area contributed by atoms with Gasteiger partial charge in [0.05, 0.1) is 36.6 Å². The van der Waals surface area contributed by atoms with Crippen molar-refractivity contribution in [3.63, 3.8) is 0 Å². The van der Waals surface area contributed by atoms with Gasteiger partial charge in [0.15, 0.2) is 38.8 Å². The van der Waals surface area contributed by atoms with Gasteiger partial charge in [0.1, 0.15) is 12.3 Å². The first kappa shape index (κ1) is 68.9. The Morgan fingerprint density at radius 2 is 1.50 bits per heavy atom. The molecule has 0 aliphatic heterocycles. The minimum absolute atomic E-state index is 0.121. The second-order valence-corrected chi connectivity index (χ2v) is 37.7. The van der Waals surface area contributed by atoms with Crippen LogP contribution in [0, 0.1) is 24.6 Å². The molecule has 4 aromatic carbocycles. The summed E-state index contributed by atoms with van der Waals surface area (Å²) in [6.07, 6.45) is 1.38. The highest BCUT2D eigenvalue weighted by Crippen LogP contribution is 2.39. The third kappa shape index (κ3) is 19.2. The molecular weight excluding hydrogens is 1180 g/mol. The van der Waals surface area contributed by atoms with Crippen LogP contribution in [0.5, 0.6) is 5.75 Å². The fourth-order valence-electron chi connectivity index (χ4n) is 9.96. The van der Waals surface area contributed by atoms with Gasteiger partial charge in [0.2, 0.25) is 0 Å². The van der Waals surface area contributed by atoms with Crippen LogP contribution in [0.1, 0.15) is 87.3 Å². The molecule has 1 atom stereocenters. The maximum absolute atomic E-state index is 15.3. The Balaban J connectivity index is 1.25. The average molecular weight is 1270 g/mol. The molecule has 3 aromatic heterocycles. The number of nitrogens with zero attached hydrogens (tertiary/aromatic N) is 9. The molecule has 0 saturated carbocycles. The monoisotopic (exact) mass is 1270 g/mol. The Bertz CT molecular complexity index is 3510. The number of carbonyl (C=O) groups is 2. The number of methoxy groups -OCH3 is 1. The van der Waals surface area contributed by atoms with Crippen molar-refractivity contribution in [2.45, 2.75) is 123 Å². The van der Waals surface area contributed by atoms with Gasteiger partial charge >= 0.3 is 12.1 Å². The SMILES string of the molecule is COC(=O)c1nc(N(CCCC(CN(C)CCN(C)C(=O)OC(C)(C)C)O[Si](c2ccccc2)(c2ccccc2)C(C)(C)C)c2cc(C)c(N=c3sc4ccccc4n3COCC[Si](C)(C)C)nn2)sc1CCCOc1ccc(C#CCN(C)C)cc1F. The maximum atomic E-state index is 15.3. The molecule has 0 radical (unpaired) electrons. The highest BCUT2D eigenvalue weighted by molar-refractivity contribution is 7.16. The summed E-state index contributed by atoms with van der Waals surface area (Å²) in [4.78, 5) is 46.2. The predicted molar refractivity (Wildman–Crippen MR) is 360 cm³/mol. The molecular formula is C67H90FN9O7S2Si2. The molecule has 88 heavy (non-hydrogen) atoms. The number of para-hydroxylation sites is 1. The molecule has 0 aliphatic rings. The van der Waals surface area contributed by atoms with Crippen LogP contribution in [-0.4, -0.2) is 156 Å². The van der Waals surface area contributed by atoms with Crippen LogP contribution in [-0.2, 0) is 31.8 Å². The van der Waals surface area contributed by atoms with Crippen molar-refractivity contribution in [1.29, 1.82) is 0 Å². The van der Waals surface area contributed by atoms with E-state index in [0.717, 1.165) is 26.6 Å². The Hall–Kier alpha value is -6.62. The van der Waals surface area contributed by atoms with Crippen LogP contribution >= 0.6 is 22.7 Å². The fourth-order valence-corrected chi connectivity index (χ4v) is 17.6. The Labute approximate surface area is 530 Å². The first-order chi connectivity index (χ1) is 41.7. The first-order valence-corrected chi connectivity index (χ1v) is 37.4. The smallest absolute Gasteiger partial charge is 0.410 e. The van der Waals surface area contributed by atoms with E-state index in [1.165, 1.54) is 34.9 Å². The summed E-state index contributed by atoms with van der Waals surface area (Å²) in [6, 6.07) is 37.2. The molecule has 472 valence electrons. The normalized spacial score (nSPS) is 12.8. The zero-order valence-corrected chi connectivity index (χ0v) is 57.9. The Kier molecular flexibility index (Phi) is 24.4. The lowest BCUT2D eigenvalue weighted by atomic mass is 10.2. The van der Waals surface area contributed by atoms with Crippen LogP contribution in [0.15, 0.2) is 114 Å². The van der Waals surface area contributed by atoms with Crippen molar-refractivity contribution < 1.29 is 37.4 Å². The van der Waals surface area contributed by atoms with E-state index in [9.17, 15) is 9.59 Å². The van der Waals surface area contributed by atoms with Gasteiger partial charge in [-0.2, -0.15) is 4.99 Å². The number of carbonyl (C=O) groups excluding carboxylic acids is 2. The molecule has 0 N–H and O–H groups in total. The van der Waals surface area contributed by atoms with E-state index >= 15 is 4.39 Å². The number of esters is 1.